The lowest BCUT2D eigenvalue weighted by Crippen LogP contribution is -2.50. The molecule has 5 heteroatoms. The van der Waals surface area contributed by atoms with Crippen molar-refractivity contribution in [1.29, 1.82) is 0 Å². The summed E-state index contributed by atoms with van der Waals surface area (Å²) in [5.41, 5.74) is 2.32. The molecule has 1 aliphatic rings. The van der Waals surface area contributed by atoms with Crippen LogP contribution < -0.4 is 0 Å². The summed E-state index contributed by atoms with van der Waals surface area (Å²) in [6, 6.07) is 11.2. The Kier molecular flexibility index (Phi) is 3.96. The van der Waals surface area contributed by atoms with Crippen molar-refractivity contribution in [1.82, 2.24) is 14.8 Å². The minimum absolute atomic E-state index is 0.00649. The largest absolute Gasteiger partial charge is 0.357 e. The van der Waals surface area contributed by atoms with Crippen molar-refractivity contribution in [2.75, 3.05) is 26.2 Å². The molecule has 0 atom stereocenters. The number of carbonyl (C=O) groups is 2. The number of piperazine rings is 1. The van der Waals surface area contributed by atoms with E-state index in [0.717, 1.165) is 11.1 Å². The third kappa shape index (κ3) is 2.74. The van der Waals surface area contributed by atoms with Crippen LogP contribution >= 0.6 is 0 Å². The molecule has 2 amide bonds. The van der Waals surface area contributed by atoms with Crippen molar-refractivity contribution >= 4 is 11.8 Å². The summed E-state index contributed by atoms with van der Waals surface area (Å²) < 4.78 is 0. The van der Waals surface area contributed by atoms with Gasteiger partial charge in [0.2, 0.25) is 0 Å². The topological polar surface area (TPSA) is 56.4 Å². The van der Waals surface area contributed by atoms with E-state index in [1.165, 1.54) is 0 Å². The van der Waals surface area contributed by atoms with Gasteiger partial charge in [-0.15, -0.1) is 0 Å². The molecular formula is C17H19N3O2. The number of aryl methyl sites for hydroxylation is 1. The van der Waals surface area contributed by atoms with Crippen LogP contribution in [0.4, 0.5) is 0 Å². The van der Waals surface area contributed by atoms with Crippen LogP contribution in [0.3, 0.4) is 0 Å². The highest BCUT2D eigenvalue weighted by atomic mass is 16.2. The van der Waals surface area contributed by atoms with E-state index in [1.807, 2.05) is 42.2 Å². The SMILES string of the molecule is Cc1ccccc1C(=O)N1CCN(C(=O)c2ccc[nH]2)CC1. The number of nitrogens with one attached hydrogen (secondary N) is 1. The molecule has 0 aliphatic carbocycles. The van der Waals surface area contributed by atoms with E-state index in [1.54, 1.807) is 17.2 Å². The molecule has 1 N–H and O–H groups in total. The van der Waals surface area contributed by atoms with Gasteiger partial charge in [-0.05, 0) is 30.7 Å². The Morgan fingerprint density at radius 3 is 2.14 bits per heavy atom. The highest BCUT2D eigenvalue weighted by molar-refractivity contribution is 5.96. The first-order chi connectivity index (χ1) is 10.7. The predicted molar refractivity (Wildman–Crippen MR) is 83.8 cm³/mol. The first kappa shape index (κ1) is 14.4. The molecule has 1 aromatic heterocycles. The van der Waals surface area contributed by atoms with Crippen LogP contribution in [0.5, 0.6) is 0 Å². The van der Waals surface area contributed by atoms with Gasteiger partial charge in [0.1, 0.15) is 5.69 Å². The van der Waals surface area contributed by atoms with Gasteiger partial charge in [-0.3, -0.25) is 9.59 Å². The van der Waals surface area contributed by atoms with Crippen molar-refractivity contribution < 1.29 is 9.59 Å². The van der Waals surface area contributed by atoms with E-state index >= 15 is 0 Å². The van der Waals surface area contributed by atoms with Gasteiger partial charge < -0.3 is 14.8 Å². The minimum Gasteiger partial charge on any atom is -0.357 e. The van der Waals surface area contributed by atoms with Gasteiger partial charge in [-0.1, -0.05) is 18.2 Å². The molecule has 1 aliphatic heterocycles. The van der Waals surface area contributed by atoms with Gasteiger partial charge in [0.15, 0.2) is 0 Å². The van der Waals surface area contributed by atoms with Crippen LogP contribution in [0, 0.1) is 6.92 Å². The molecule has 114 valence electrons. The number of H-pyrrole nitrogens is 1. The Hall–Kier alpha value is -2.56. The Morgan fingerprint density at radius 1 is 0.909 bits per heavy atom. The highest BCUT2D eigenvalue weighted by Gasteiger charge is 2.26. The number of aromatic nitrogens is 1. The standard InChI is InChI=1S/C17H19N3O2/c1-13-5-2-3-6-14(13)16(21)19-9-11-20(12-10-19)17(22)15-7-4-8-18-15/h2-8,18H,9-12H2,1H3. The number of benzene rings is 1. The van der Waals surface area contributed by atoms with Crippen LogP contribution in [0.1, 0.15) is 26.4 Å². The fraction of sp³-hybridized carbons (Fsp3) is 0.294. The van der Waals surface area contributed by atoms with Crippen LogP contribution in [-0.2, 0) is 0 Å². The monoisotopic (exact) mass is 297 g/mol. The van der Waals surface area contributed by atoms with E-state index in [2.05, 4.69) is 4.98 Å². The number of hydrogen-bond donors (Lipinski definition) is 1. The quantitative estimate of drug-likeness (QED) is 0.920. The molecule has 2 heterocycles. The van der Waals surface area contributed by atoms with Crippen molar-refractivity contribution in [3.05, 3.63) is 59.4 Å². The molecule has 2 aromatic rings. The average molecular weight is 297 g/mol. The van der Waals surface area contributed by atoms with Crippen LogP contribution in [-0.4, -0.2) is 52.8 Å². The maximum absolute atomic E-state index is 12.5. The molecule has 1 fully saturated rings. The lowest BCUT2D eigenvalue weighted by molar-refractivity contribution is 0.0532. The normalized spacial score (nSPS) is 15.0. The van der Waals surface area contributed by atoms with Gasteiger partial charge in [-0.2, -0.15) is 0 Å². The Labute approximate surface area is 129 Å². The molecule has 22 heavy (non-hydrogen) atoms. The fourth-order valence-electron chi connectivity index (χ4n) is 2.73. The first-order valence-corrected chi connectivity index (χ1v) is 7.44. The molecule has 0 bridgehead atoms. The maximum Gasteiger partial charge on any atom is 0.270 e. The molecule has 5 nitrogen and oxygen atoms in total. The highest BCUT2D eigenvalue weighted by Crippen LogP contribution is 2.13. The van der Waals surface area contributed by atoms with E-state index in [9.17, 15) is 9.59 Å². The zero-order valence-electron chi connectivity index (χ0n) is 12.6. The maximum atomic E-state index is 12.5. The van der Waals surface area contributed by atoms with Gasteiger partial charge >= 0.3 is 0 Å². The van der Waals surface area contributed by atoms with E-state index in [4.69, 9.17) is 0 Å². The van der Waals surface area contributed by atoms with Gasteiger partial charge in [0.05, 0.1) is 0 Å². The number of carbonyl (C=O) groups excluding carboxylic acids is 2. The van der Waals surface area contributed by atoms with Crippen LogP contribution in [0.2, 0.25) is 0 Å². The predicted octanol–water partition coefficient (Wildman–Crippen LogP) is 1.92. The second-order valence-electron chi connectivity index (χ2n) is 5.48. The smallest absolute Gasteiger partial charge is 0.270 e. The zero-order chi connectivity index (χ0) is 15.5. The summed E-state index contributed by atoms with van der Waals surface area (Å²) >= 11 is 0. The summed E-state index contributed by atoms with van der Waals surface area (Å²) in [6.45, 7) is 4.21. The number of amides is 2. The Bertz CT molecular complexity index is 671. The minimum atomic E-state index is -0.00649. The lowest BCUT2D eigenvalue weighted by Gasteiger charge is -2.34. The molecule has 3 rings (SSSR count). The average Bonchev–Trinajstić information content (AvgIpc) is 3.09. The third-order valence-corrected chi connectivity index (χ3v) is 4.06. The fourth-order valence-corrected chi connectivity index (χ4v) is 2.73. The molecule has 0 spiro atoms. The van der Waals surface area contributed by atoms with Crippen molar-refractivity contribution in [2.45, 2.75) is 6.92 Å². The molecule has 0 unspecified atom stereocenters. The summed E-state index contributed by atoms with van der Waals surface area (Å²) in [5, 5.41) is 0. The second-order valence-corrected chi connectivity index (χ2v) is 5.48. The van der Waals surface area contributed by atoms with E-state index in [-0.39, 0.29) is 11.8 Å². The van der Waals surface area contributed by atoms with Crippen molar-refractivity contribution in [3.63, 3.8) is 0 Å². The summed E-state index contributed by atoms with van der Waals surface area (Å²) in [7, 11) is 0. The first-order valence-electron chi connectivity index (χ1n) is 7.44. The molecular weight excluding hydrogens is 278 g/mol. The second kappa shape index (κ2) is 6.05. The molecule has 1 saturated heterocycles. The van der Waals surface area contributed by atoms with Crippen LogP contribution in [0.15, 0.2) is 42.6 Å². The number of aromatic amines is 1. The van der Waals surface area contributed by atoms with E-state index < -0.39 is 0 Å². The van der Waals surface area contributed by atoms with Gasteiger partial charge in [0, 0.05) is 37.9 Å². The summed E-state index contributed by atoms with van der Waals surface area (Å²) in [4.78, 5) is 31.3. The summed E-state index contributed by atoms with van der Waals surface area (Å²) in [5.74, 6) is 0.0399. The molecule has 0 radical (unpaired) electrons. The zero-order valence-corrected chi connectivity index (χ0v) is 12.6. The Morgan fingerprint density at radius 2 is 1.55 bits per heavy atom. The van der Waals surface area contributed by atoms with Crippen LogP contribution in [0.25, 0.3) is 0 Å². The molecule has 0 saturated carbocycles. The van der Waals surface area contributed by atoms with E-state index in [0.29, 0.717) is 31.9 Å². The number of nitrogens with zero attached hydrogens (tertiary/aromatic N) is 2. The number of rotatable bonds is 2. The third-order valence-electron chi connectivity index (χ3n) is 4.06. The van der Waals surface area contributed by atoms with Crippen molar-refractivity contribution in [2.24, 2.45) is 0 Å². The Balaban J connectivity index is 1.63. The number of hydrogen-bond acceptors (Lipinski definition) is 2. The van der Waals surface area contributed by atoms with Gasteiger partial charge in [-0.25, -0.2) is 0 Å². The molecule has 1 aromatic carbocycles. The summed E-state index contributed by atoms with van der Waals surface area (Å²) in [6.07, 6.45) is 1.74. The lowest BCUT2D eigenvalue weighted by atomic mass is 10.1. The van der Waals surface area contributed by atoms with Gasteiger partial charge in [0.25, 0.3) is 11.8 Å². The van der Waals surface area contributed by atoms with Crippen molar-refractivity contribution in [3.8, 4) is 0 Å².